The molecule has 3 heterocycles. The molecule has 0 saturated carbocycles. The van der Waals surface area contributed by atoms with Crippen LogP contribution in [0.25, 0.3) is 27.0 Å². The number of benzene rings is 2. The molecule has 6 nitrogen and oxygen atoms in total. The molecule has 0 unspecified atom stereocenters. The Kier molecular flexibility index (Phi) is 4.56. The zero-order valence-corrected chi connectivity index (χ0v) is 16.1. The van der Waals surface area contributed by atoms with E-state index in [1.165, 1.54) is 0 Å². The zero-order valence-electron chi connectivity index (χ0n) is 15.3. The fourth-order valence-electron chi connectivity index (χ4n) is 3.07. The Morgan fingerprint density at radius 2 is 1.83 bits per heavy atom. The van der Waals surface area contributed by atoms with Crippen LogP contribution in [0.1, 0.15) is 5.56 Å². The molecule has 0 aliphatic carbocycles. The molecule has 0 fully saturated rings. The standard InChI is InChI=1S/C22H16N6S/c1-2-8-18(9-3-1)28-15-17(21(27-28)20-11-6-12-29-20)14-24-26-22-19-10-5-4-7-16(19)13-23-25-22/h1-15H,(H,25,26)/b24-14-. The van der Waals surface area contributed by atoms with Crippen molar-refractivity contribution < 1.29 is 0 Å². The fraction of sp³-hybridized carbons (Fsp3) is 0. The molecular formula is C22H16N6S. The van der Waals surface area contributed by atoms with Gasteiger partial charge in [-0.05, 0) is 23.6 Å². The van der Waals surface area contributed by atoms with E-state index in [0.29, 0.717) is 5.82 Å². The molecule has 140 valence electrons. The fourth-order valence-corrected chi connectivity index (χ4v) is 3.80. The number of nitrogens with zero attached hydrogens (tertiary/aromatic N) is 5. The van der Waals surface area contributed by atoms with Crippen molar-refractivity contribution >= 4 is 34.1 Å². The minimum atomic E-state index is 0.618. The van der Waals surface area contributed by atoms with Crippen molar-refractivity contribution in [1.29, 1.82) is 0 Å². The van der Waals surface area contributed by atoms with Gasteiger partial charge in [-0.2, -0.15) is 15.3 Å². The molecule has 2 aromatic carbocycles. The number of hydrogen-bond donors (Lipinski definition) is 1. The first-order valence-electron chi connectivity index (χ1n) is 9.07. The third-order valence-corrected chi connectivity index (χ3v) is 5.34. The second-order valence-electron chi connectivity index (χ2n) is 6.34. The van der Waals surface area contributed by atoms with Crippen LogP contribution in [0.5, 0.6) is 0 Å². The summed E-state index contributed by atoms with van der Waals surface area (Å²) >= 11 is 1.65. The molecule has 5 rings (SSSR count). The second-order valence-corrected chi connectivity index (χ2v) is 7.29. The summed E-state index contributed by atoms with van der Waals surface area (Å²) in [5.74, 6) is 0.618. The first kappa shape index (κ1) is 17.3. The van der Waals surface area contributed by atoms with Gasteiger partial charge in [0.1, 0.15) is 5.69 Å². The van der Waals surface area contributed by atoms with Crippen molar-refractivity contribution in [3.8, 4) is 16.3 Å². The largest absolute Gasteiger partial charge is 0.259 e. The molecule has 0 aliphatic heterocycles. The Morgan fingerprint density at radius 3 is 2.69 bits per heavy atom. The zero-order chi connectivity index (χ0) is 19.5. The Balaban J connectivity index is 1.49. The van der Waals surface area contributed by atoms with Crippen LogP contribution in [0.15, 0.2) is 89.6 Å². The van der Waals surface area contributed by atoms with Crippen LogP contribution >= 0.6 is 11.3 Å². The van der Waals surface area contributed by atoms with Gasteiger partial charge < -0.3 is 0 Å². The lowest BCUT2D eigenvalue weighted by atomic mass is 10.2. The monoisotopic (exact) mass is 396 g/mol. The molecule has 0 aliphatic rings. The number of anilines is 1. The van der Waals surface area contributed by atoms with Crippen LogP contribution in [0, 0.1) is 0 Å². The van der Waals surface area contributed by atoms with E-state index in [1.807, 2.05) is 76.9 Å². The lowest BCUT2D eigenvalue weighted by Crippen LogP contribution is -1.96. The lowest BCUT2D eigenvalue weighted by molar-refractivity contribution is 0.885. The molecule has 0 bridgehead atoms. The summed E-state index contributed by atoms with van der Waals surface area (Å²) < 4.78 is 1.87. The highest BCUT2D eigenvalue weighted by molar-refractivity contribution is 7.13. The average Bonchev–Trinajstić information content (AvgIpc) is 3.45. The lowest BCUT2D eigenvalue weighted by Gasteiger charge is -2.02. The summed E-state index contributed by atoms with van der Waals surface area (Å²) in [6, 6.07) is 22.0. The molecule has 0 saturated heterocycles. The van der Waals surface area contributed by atoms with Crippen LogP contribution in [0.4, 0.5) is 5.82 Å². The predicted octanol–water partition coefficient (Wildman–Crippen LogP) is 4.99. The molecule has 1 N–H and O–H groups in total. The summed E-state index contributed by atoms with van der Waals surface area (Å²) in [6.07, 6.45) is 5.48. The molecule has 29 heavy (non-hydrogen) atoms. The van der Waals surface area contributed by atoms with Crippen molar-refractivity contribution in [2.75, 3.05) is 5.43 Å². The summed E-state index contributed by atoms with van der Waals surface area (Å²) in [4.78, 5) is 1.09. The number of rotatable bonds is 5. The van der Waals surface area contributed by atoms with Gasteiger partial charge in [-0.15, -0.1) is 16.4 Å². The molecule has 0 atom stereocenters. The molecule has 3 aromatic heterocycles. The van der Waals surface area contributed by atoms with E-state index in [-0.39, 0.29) is 0 Å². The topological polar surface area (TPSA) is 68.0 Å². The highest BCUT2D eigenvalue weighted by Gasteiger charge is 2.12. The Hall–Kier alpha value is -3.84. The van der Waals surface area contributed by atoms with Crippen LogP contribution in [-0.2, 0) is 0 Å². The Labute approximate surface area is 171 Å². The van der Waals surface area contributed by atoms with Gasteiger partial charge in [0.25, 0.3) is 0 Å². The van der Waals surface area contributed by atoms with Crippen LogP contribution in [-0.4, -0.2) is 26.2 Å². The highest BCUT2D eigenvalue weighted by Crippen LogP contribution is 2.27. The Morgan fingerprint density at radius 1 is 0.966 bits per heavy atom. The van der Waals surface area contributed by atoms with Gasteiger partial charge in [-0.1, -0.05) is 48.5 Å². The van der Waals surface area contributed by atoms with E-state index in [4.69, 9.17) is 5.10 Å². The maximum atomic E-state index is 4.78. The third-order valence-electron chi connectivity index (χ3n) is 4.46. The van der Waals surface area contributed by atoms with E-state index in [1.54, 1.807) is 23.7 Å². The van der Waals surface area contributed by atoms with Crippen molar-refractivity contribution in [2.45, 2.75) is 0 Å². The van der Waals surface area contributed by atoms with Gasteiger partial charge in [0.2, 0.25) is 0 Å². The minimum Gasteiger partial charge on any atom is -0.259 e. The van der Waals surface area contributed by atoms with E-state index in [0.717, 1.165) is 32.6 Å². The first-order valence-corrected chi connectivity index (χ1v) is 9.95. The molecule has 0 spiro atoms. The number of hydrogen-bond acceptors (Lipinski definition) is 6. The predicted molar refractivity (Wildman–Crippen MR) is 118 cm³/mol. The van der Waals surface area contributed by atoms with Gasteiger partial charge in [0.05, 0.1) is 23.0 Å². The number of fused-ring (bicyclic) bond motifs is 1. The number of hydrazone groups is 1. The van der Waals surface area contributed by atoms with Gasteiger partial charge >= 0.3 is 0 Å². The Bertz CT molecular complexity index is 1270. The van der Waals surface area contributed by atoms with Crippen molar-refractivity contribution in [2.24, 2.45) is 5.10 Å². The van der Waals surface area contributed by atoms with Gasteiger partial charge in [-0.3, -0.25) is 5.43 Å². The molecule has 0 amide bonds. The summed E-state index contributed by atoms with van der Waals surface area (Å²) in [5, 5.41) is 21.4. The molecule has 0 radical (unpaired) electrons. The van der Waals surface area contributed by atoms with E-state index < -0.39 is 0 Å². The summed E-state index contributed by atoms with van der Waals surface area (Å²) in [7, 11) is 0. The van der Waals surface area contributed by atoms with Crippen LogP contribution in [0.2, 0.25) is 0 Å². The third kappa shape index (κ3) is 3.51. The number of para-hydroxylation sites is 1. The van der Waals surface area contributed by atoms with Gasteiger partial charge in [0.15, 0.2) is 5.82 Å². The smallest absolute Gasteiger partial charge is 0.176 e. The first-order chi connectivity index (χ1) is 14.4. The number of thiophene rings is 1. The van der Waals surface area contributed by atoms with Crippen LogP contribution < -0.4 is 5.43 Å². The van der Waals surface area contributed by atoms with E-state index in [9.17, 15) is 0 Å². The number of aromatic nitrogens is 4. The second kappa shape index (κ2) is 7.65. The summed E-state index contributed by atoms with van der Waals surface area (Å²) in [6.45, 7) is 0. The molecule has 5 aromatic rings. The normalized spacial score (nSPS) is 11.3. The minimum absolute atomic E-state index is 0.618. The highest BCUT2D eigenvalue weighted by atomic mass is 32.1. The summed E-state index contributed by atoms with van der Waals surface area (Å²) in [5.41, 5.74) is 5.82. The van der Waals surface area contributed by atoms with Gasteiger partial charge in [-0.25, -0.2) is 4.68 Å². The van der Waals surface area contributed by atoms with Gasteiger partial charge in [0, 0.05) is 22.5 Å². The SMILES string of the molecule is C(=N/Nc1nncc2ccccc12)/c1cn(-c2ccccc2)nc1-c1cccs1. The van der Waals surface area contributed by atoms with Crippen molar-refractivity contribution in [3.63, 3.8) is 0 Å². The number of nitrogens with one attached hydrogen (secondary N) is 1. The van der Waals surface area contributed by atoms with Crippen LogP contribution in [0.3, 0.4) is 0 Å². The maximum absolute atomic E-state index is 4.78. The maximum Gasteiger partial charge on any atom is 0.176 e. The molecular weight excluding hydrogens is 380 g/mol. The average molecular weight is 396 g/mol. The molecule has 7 heteroatoms. The van der Waals surface area contributed by atoms with Crippen molar-refractivity contribution in [1.82, 2.24) is 20.0 Å². The van der Waals surface area contributed by atoms with E-state index >= 15 is 0 Å². The quantitative estimate of drug-likeness (QED) is 0.336. The van der Waals surface area contributed by atoms with E-state index in [2.05, 4.69) is 26.8 Å². The van der Waals surface area contributed by atoms with Crippen molar-refractivity contribution in [3.05, 3.63) is 90.1 Å².